The highest BCUT2D eigenvalue weighted by molar-refractivity contribution is 7.89. The Morgan fingerprint density at radius 1 is 1.12 bits per heavy atom. The van der Waals surface area contributed by atoms with Crippen LogP contribution in [0.1, 0.15) is 16.9 Å². The van der Waals surface area contributed by atoms with Crippen molar-refractivity contribution >= 4 is 27.3 Å². The molecule has 0 radical (unpaired) electrons. The average Bonchev–Trinajstić information content (AvgIpc) is 3.20. The van der Waals surface area contributed by atoms with Crippen LogP contribution in [0.15, 0.2) is 46.7 Å². The van der Waals surface area contributed by atoms with Gasteiger partial charge in [-0.2, -0.15) is 9.57 Å². The molecule has 1 aromatic heterocycles. The number of rotatable bonds is 5. The maximum Gasteiger partial charge on any atom is 0.243 e. The molecule has 26 heavy (non-hydrogen) atoms. The number of amides is 1. The number of hydrogen-bond acceptors (Lipinski definition) is 5. The normalized spacial score (nSPS) is 15.6. The third-order valence-corrected chi connectivity index (χ3v) is 7.23. The molecule has 3 rings (SSSR count). The fraction of sp³-hybridized carbons (Fsp3) is 0.333. The SMILES string of the molecule is N#Cc1ccc(S(=O)(=O)N2CCN(C(=O)CCc3cccs3)CC2)cc1. The summed E-state index contributed by atoms with van der Waals surface area (Å²) in [4.78, 5) is 15.4. The van der Waals surface area contributed by atoms with Crippen molar-refractivity contribution in [3.05, 3.63) is 52.2 Å². The quantitative estimate of drug-likeness (QED) is 0.784. The van der Waals surface area contributed by atoms with Gasteiger partial charge in [0.1, 0.15) is 0 Å². The van der Waals surface area contributed by atoms with Crippen LogP contribution in [0.4, 0.5) is 0 Å². The Bertz CT molecular complexity index is 892. The van der Waals surface area contributed by atoms with Gasteiger partial charge in [-0.25, -0.2) is 8.42 Å². The zero-order chi connectivity index (χ0) is 18.6. The minimum absolute atomic E-state index is 0.0637. The van der Waals surface area contributed by atoms with Crippen LogP contribution in [-0.4, -0.2) is 49.7 Å². The highest BCUT2D eigenvalue weighted by Crippen LogP contribution is 2.19. The predicted octanol–water partition coefficient (Wildman–Crippen LogP) is 2.09. The van der Waals surface area contributed by atoms with E-state index in [1.807, 2.05) is 23.6 Å². The Morgan fingerprint density at radius 2 is 1.81 bits per heavy atom. The fourth-order valence-corrected chi connectivity index (χ4v) is 5.00. The standard InChI is InChI=1S/C18H19N3O3S2/c19-14-15-3-6-17(7-4-15)26(23,24)21-11-9-20(10-12-21)18(22)8-5-16-2-1-13-25-16/h1-4,6-7,13H,5,8-12H2. The molecule has 0 aliphatic carbocycles. The van der Waals surface area contributed by atoms with Gasteiger partial charge in [0.05, 0.1) is 16.5 Å². The van der Waals surface area contributed by atoms with Gasteiger partial charge in [-0.05, 0) is 42.1 Å². The summed E-state index contributed by atoms with van der Waals surface area (Å²) in [5, 5.41) is 10.8. The van der Waals surface area contributed by atoms with Crippen molar-refractivity contribution < 1.29 is 13.2 Å². The molecule has 2 aromatic rings. The molecule has 0 N–H and O–H groups in total. The van der Waals surface area contributed by atoms with Gasteiger partial charge < -0.3 is 4.90 Å². The molecular weight excluding hydrogens is 370 g/mol. The van der Waals surface area contributed by atoms with E-state index >= 15 is 0 Å². The number of benzene rings is 1. The lowest BCUT2D eigenvalue weighted by Crippen LogP contribution is -2.50. The van der Waals surface area contributed by atoms with Gasteiger partial charge in [0.2, 0.25) is 15.9 Å². The van der Waals surface area contributed by atoms with Crippen LogP contribution >= 0.6 is 11.3 Å². The molecular formula is C18H19N3O3S2. The first-order valence-corrected chi connectivity index (χ1v) is 10.6. The number of thiophene rings is 1. The second-order valence-corrected chi connectivity index (χ2v) is 8.97. The van der Waals surface area contributed by atoms with Gasteiger partial charge in [0, 0.05) is 37.5 Å². The minimum atomic E-state index is -3.60. The number of aryl methyl sites for hydroxylation is 1. The summed E-state index contributed by atoms with van der Waals surface area (Å²) in [6.45, 7) is 1.37. The van der Waals surface area contributed by atoms with Crippen molar-refractivity contribution in [2.75, 3.05) is 26.2 Å². The van der Waals surface area contributed by atoms with Gasteiger partial charge in [-0.1, -0.05) is 6.07 Å². The number of hydrogen-bond donors (Lipinski definition) is 0. The number of nitrogens with zero attached hydrogens (tertiary/aromatic N) is 3. The minimum Gasteiger partial charge on any atom is -0.340 e. The van der Waals surface area contributed by atoms with Crippen LogP contribution in [0.5, 0.6) is 0 Å². The number of carbonyl (C=O) groups excluding carboxylic acids is 1. The van der Waals surface area contributed by atoms with E-state index in [-0.39, 0.29) is 23.9 Å². The molecule has 2 heterocycles. The Morgan fingerprint density at radius 3 is 2.38 bits per heavy atom. The van der Waals surface area contributed by atoms with E-state index in [1.54, 1.807) is 16.2 Å². The van der Waals surface area contributed by atoms with E-state index in [0.29, 0.717) is 25.1 Å². The summed E-state index contributed by atoms with van der Waals surface area (Å²) in [5.41, 5.74) is 0.421. The average molecular weight is 390 g/mol. The largest absolute Gasteiger partial charge is 0.340 e. The number of nitriles is 1. The van der Waals surface area contributed by atoms with E-state index in [2.05, 4.69) is 0 Å². The first-order valence-electron chi connectivity index (χ1n) is 8.31. The molecule has 136 valence electrons. The summed E-state index contributed by atoms with van der Waals surface area (Å²) in [7, 11) is -3.60. The van der Waals surface area contributed by atoms with Crippen LogP contribution in [0.3, 0.4) is 0 Å². The maximum atomic E-state index is 12.7. The molecule has 1 fully saturated rings. The van der Waals surface area contributed by atoms with E-state index in [1.165, 1.54) is 33.4 Å². The lowest BCUT2D eigenvalue weighted by molar-refractivity contribution is -0.132. The molecule has 1 amide bonds. The molecule has 0 bridgehead atoms. The summed E-state index contributed by atoms with van der Waals surface area (Å²) >= 11 is 1.64. The van der Waals surface area contributed by atoms with Crippen molar-refractivity contribution in [1.82, 2.24) is 9.21 Å². The highest BCUT2D eigenvalue weighted by Gasteiger charge is 2.29. The van der Waals surface area contributed by atoms with E-state index < -0.39 is 10.0 Å². The van der Waals surface area contributed by atoms with E-state index in [9.17, 15) is 13.2 Å². The summed E-state index contributed by atoms with van der Waals surface area (Å²) in [5.74, 6) is 0.0637. The van der Waals surface area contributed by atoms with Crippen molar-refractivity contribution in [3.63, 3.8) is 0 Å². The highest BCUT2D eigenvalue weighted by atomic mass is 32.2. The topological polar surface area (TPSA) is 81.5 Å². The Labute approximate surface area is 157 Å². The predicted molar refractivity (Wildman–Crippen MR) is 99.1 cm³/mol. The van der Waals surface area contributed by atoms with Crippen molar-refractivity contribution in [1.29, 1.82) is 5.26 Å². The van der Waals surface area contributed by atoms with Gasteiger partial charge >= 0.3 is 0 Å². The van der Waals surface area contributed by atoms with Gasteiger partial charge in [0.25, 0.3) is 0 Å². The summed E-state index contributed by atoms with van der Waals surface area (Å²) in [6.07, 6.45) is 1.17. The molecule has 6 nitrogen and oxygen atoms in total. The zero-order valence-corrected chi connectivity index (χ0v) is 15.8. The molecule has 1 aliphatic heterocycles. The summed E-state index contributed by atoms with van der Waals surface area (Å²) < 4.78 is 26.8. The first-order chi connectivity index (χ1) is 12.5. The molecule has 0 atom stereocenters. The monoisotopic (exact) mass is 389 g/mol. The lowest BCUT2D eigenvalue weighted by Gasteiger charge is -2.34. The Kier molecular flexibility index (Phi) is 5.71. The van der Waals surface area contributed by atoms with Crippen molar-refractivity contribution in [3.8, 4) is 6.07 Å². The molecule has 0 spiro atoms. The second kappa shape index (κ2) is 7.99. The van der Waals surface area contributed by atoms with Crippen LogP contribution in [0.25, 0.3) is 0 Å². The molecule has 1 aliphatic rings. The third-order valence-electron chi connectivity index (χ3n) is 4.38. The molecule has 8 heteroatoms. The number of carbonyl (C=O) groups is 1. The van der Waals surface area contributed by atoms with E-state index in [4.69, 9.17) is 5.26 Å². The molecule has 0 unspecified atom stereocenters. The molecule has 1 aromatic carbocycles. The third kappa shape index (κ3) is 4.12. The number of sulfonamides is 1. The van der Waals surface area contributed by atoms with Crippen LogP contribution in [0.2, 0.25) is 0 Å². The van der Waals surface area contributed by atoms with Crippen LogP contribution in [0, 0.1) is 11.3 Å². The van der Waals surface area contributed by atoms with Gasteiger partial charge in [0.15, 0.2) is 0 Å². The molecule has 0 saturated carbocycles. The number of piperazine rings is 1. The van der Waals surface area contributed by atoms with Crippen molar-refractivity contribution in [2.24, 2.45) is 0 Å². The Hall–Kier alpha value is -2.21. The smallest absolute Gasteiger partial charge is 0.243 e. The lowest BCUT2D eigenvalue weighted by atomic mass is 10.2. The van der Waals surface area contributed by atoms with Gasteiger partial charge in [-0.15, -0.1) is 11.3 Å². The molecule has 1 saturated heterocycles. The van der Waals surface area contributed by atoms with E-state index in [0.717, 1.165) is 6.42 Å². The Balaban J connectivity index is 1.56. The van der Waals surface area contributed by atoms with Crippen LogP contribution < -0.4 is 0 Å². The first kappa shape index (κ1) is 18.6. The van der Waals surface area contributed by atoms with Gasteiger partial charge in [-0.3, -0.25) is 4.79 Å². The van der Waals surface area contributed by atoms with Crippen molar-refractivity contribution in [2.45, 2.75) is 17.7 Å². The zero-order valence-electron chi connectivity index (χ0n) is 14.2. The van der Waals surface area contributed by atoms with Crippen LogP contribution in [-0.2, 0) is 21.2 Å². The summed E-state index contributed by atoms with van der Waals surface area (Å²) in [6, 6.07) is 11.9. The maximum absolute atomic E-state index is 12.7. The second-order valence-electron chi connectivity index (χ2n) is 6.00. The fourth-order valence-electron chi connectivity index (χ4n) is 2.87.